The number of fused-ring (bicyclic) bond motifs is 1. The molecule has 0 atom stereocenters. The summed E-state index contributed by atoms with van der Waals surface area (Å²) in [5, 5.41) is 12.9. The van der Waals surface area contributed by atoms with Gasteiger partial charge in [0.15, 0.2) is 5.16 Å². The van der Waals surface area contributed by atoms with E-state index in [1.807, 2.05) is 42.2 Å². The number of pyridine rings is 1. The Kier molecular flexibility index (Phi) is 8.39. The Balaban J connectivity index is 1.43. The molecule has 2 aromatic heterocycles. The summed E-state index contributed by atoms with van der Waals surface area (Å²) in [6.45, 7) is 3.90. The molecule has 3 rings (SSSR count). The first-order valence-corrected chi connectivity index (χ1v) is 11.7. The number of para-hydroxylation sites is 2. The molecule has 0 spiro atoms. The average Bonchev–Trinajstić information content (AvgIpc) is 3.13. The Hall–Kier alpha value is -2.03. The van der Waals surface area contributed by atoms with Crippen LogP contribution in [0.25, 0.3) is 11.0 Å². The van der Waals surface area contributed by atoms with Crippen molar-refractivity contribution >= 4 is 40.5 Å². The van der Waals surface area contributed by atoms with Gasteiger partial charge in [0.2, 0.25) is 0 Å². The van der Waals surface area contributed by atoms with Gasteiger partial charge in [0, 0.05) is 35.6 Å². The number of benzene rings is 1. The second-order valence-electron chi connectivity index (χ2n) is 6.68. The number of carbonyl (C=O) groups is 1. The maximum Gasteiger partial charge on any atom is 0.303 e. The third-order valence-corrected chi connectivity index (χ3v) is 6.55. The molecule has 0 amide bonds. The molecule has 8 heteroatoms. The van der Waals surface area contributed by atoms with Crippen LogP contribution < -0.4 is 5.32 Å². The van der Waals surface area contributed by atoms with Crippen molar-refractivity contribution in [2.45, 2.75) is 42.0 Å². The molecule has 3 aromatic rings. The van der Waals surface area contributed by atoms with Crippen LogP contribution in [0.4, 0.5) is 0 Å². The molecular formula is C21H26N4O2S2. The monoisotopic (exact) mass is 430 g/mol. The van der Waals surface area contributed by atoms with E-state index in [9.17, 15) is 4.79 Å². The van der Waals surface area contributed by atoms with Crippen LogP contribution >= 0.6 is 23.5 Å². The predicted octanol–water partition coefficient (Wildman–Crippen LogP) is 4.50. The highest BCUT2D eigenvalue weighted by atomic mass is 32.2. The van der Waals surface area contributed by atoms with Crippen LogP contribution in [0, 0.1) is 6.92 Å². The van der Waals surface area contributed by atoms with Gasteiger partial charge in [0.1, 0.15) is 0 Å². The lowest BCUT2D eigenvalue weighted by molar-refractivity contribution is -0.137. The molecule has 0 saturated heterocycles. The van der Waals surface area contributed by atoms with Crippen molar-refractivity contribution in [1.82, 2.24) is 20.3 Å². The maximum absolute atomic E-state index is 10.5. The van der Waals surface area contributed by atoms with Gasteiger partial charge < -0.3 is 15.4 Å². The highest BCUT2D eigenvalue weighted by Gasteiger charge is 2.09. The lowest BCUT2D eigenvalue weighted by Crippen LogP contribution is -2.18. The second-order valence-corrected chi connectivity index (χ2v) is 8.78. The minimum Gasteiger partial charge on any atom is -0.481 e. The number of hydrogen-bond donors (Lipinski definition) is 3. The number of unbranched alkanes of at least 4 members (excludes halogenated alkanes) is 1. The molecule has 0 saturated carbocycles. The van der Waals surface area contributed by atoms with E-state index < -0.39 is 5.97 Å². The van der Waals surface area contributed by atoms with Crippen molar-refractivity contribution in [3.8, 4) is 0 Å². The highest BCUT2D eigenvalue weighted by molar-refractivity contribution is 7.99. The van der Waals surface area contributed by atoms with E-state index in [-0.39, 0.29) is 6.42 Å². The largest absolute Gasteiger partial charge is 0.481 e. The van der Waals surface area contributed by atoms with E-state index >= 15 is 0 Å². The van der Waals surface area contributed by atoms with Crippen LogP contribution in [0.1, 0.15) is 30.5 Å². The molecule has 154 valence electrons. The molecule has 2 heterocycles. The standard InChI is InChI=1S/C21H26N4O2S2/c1-15-18(14-29-21-24-16-6-2-3-7-17(16)25-21)23-11-9-19(15)28-13-12-22-10-5-4-8-20(26)27/h2-3,6-7,9,11,22H,4-5,8,10,12-14H2,1H3,(H,24,25)(H,26,27). The smallest absolute Gasteiger partial charge is 0.303 e. The first-order valence-electron chi connectivity index (χ1n) is 9.71. The first kappa shape index (κ1) is 21.7. The van der Waals surface area contributed by atoms with Gasteiger partial charge in [-0.2, -0.15) is 0 Å². The van der Waals surface area contributed by atoms with Gasteiger partial charge >= 0.3 is 5.97 Å². The number of hydrogen-bond acceptors (Lipinski definition) is 6. The number of H-pyrrole nitrogens is 1. The number of aromatic nitrogens is 3. The van der Waals surface area contributed by atoms with E-state index in [0.29, 0.717) is 0 Å². The fraction of sp³-hybridized carbons (Fsp3) is 0.381. The number of nitrogens with one attached hydrogen (secondary N) is 2. The zero-order chi connectivity index (χ0) is 20.5. The average molecular weight is 431 g/mol. The molecule has 3 N–H and O–H groups in total. The third kappa shape index (κ3) is 6.76. The summed E-state index contributed by atoms with van der Waals surface area (Å²) in [5.41, 5.74) is 4.35. The second kappa shape index (κ2) is 11.2. The number of nitrogens with zero attached hydrogens (tertiary/aromatic N) is 2. The number of rotatable bonds is 12. The molecule has 0 aliphatic rings. The Morgan fingerprint density at radius 3 is 2.86 bits per heavy atom. The summed E-state index contributed by atoms with van der Waals surface area (Å²) in [7, 11) is 0. The molecule has 0 aliphatic heterocycles. The first-order chi connectivity index (χ1) is 14.1. The fourth-order valence-electron chi connectivity index (χ4n) is 2.88. The van der Waals surface area contributed by atoms with E-state index in [1.165, 1.54) is 10.5 Å². The van der Waals surface area contributed by atoms with Crippen LogP contribution in [0.3, 0.4) is 0 Å². The topological polar surface area (TPSA) is 90.9 Å². The van der Waals surface area contributed by atoms with Crippen LogP contribution in [-0.4, -0.2) is 44.9 Å². The van der Waals surface area contributed by atoms with Crippen LogP contribution in [0.15, 0.2) is 46.6 Å². The van der Waals surface area contributed by atoms with Gasteiger partial charge in [0.25, 0.3) is 0 Å². The molecule has 0 unspecified atom stereocenters. The van der Waals surface area contributed by atoms with E-state index in [1.54, 1.807) is 11.8 Å². The Morgan fingerprint density at radius 2 is 2.03 bits per heavy atom. The summed E-state index contributed by atoms with van der Waals surface area (Å²) in [6, 6.07) is 10.1. The molecular weight excluding hydrogens is 404 g/mol. The third-order valence-electron chi connectivity index (χ3n) is 4.50. The van der Waals surface area contributed by atoms with Crippen molar-refractivity contribution in [3.05, 3.63) is 47.8 Å². The van der Waals surface area contributed by atoms with Crippen molar-refractivity contribution in [1.29, 1.82) is 0 Å². The van der Waals surface area contributed by atoms with E-state index in [4.69, 9.17) is 5.11 Å². The molecule has 0 aliphatic carbocycles. The van der Waals surface area contributed by atoms with E-state index in [2.05, 4.69) is 33.3 Å². The van der Waals surface area contributed by atoms with Crippen molar-refractivity contribution in [2.24, 2.45) is 0 Å². The lowest BCUT2D eigenvalue weighted by Gasteiger charge is -2.10. The molecule has 29 heavy (non-hydrogen) atoms. The number of thioether (sulfide) groups is 2. The Bertz CT molecular complexity index is 912. The highest BCUT2D eigenvalue weighted by Crippen LogP contribution is 2.28. The number of carboxylic acid groups (broad SMARTS) is 1. The predicted molar refractivity (Wildman–Crippen MR) is 120 cm³/mol. The minimum absolute atomic E-state index is 0.251. The van der Waals surface area contributed by atoms with Crippen molar-refractivity contribution < 1.29 is 9.90 Å². The van der Waals surface area contributed by atoms with Gasteiger partial charge in [-0.05, 0) is 50.1 Å². The summed E-state index contributed by atoms with van der Waals surface area (Å²) in [4.78, 5) is 24.3. The number of aliphatic carboxylic acids is 1. The minimum atomic E-state index is -0.719. The molecule has 0 fully saturated rings. The summed E-state index contributed by atoms with van der Waals surface area (Å²) in [6.07, 6.45) is 3.75. The van der Waals surface area contributed by atoms with Gasteiger partial charge in [0.05, 0.1) is 16.7 Å². The zero-order valence-corrected chi connectivity index (χ0v) is 18.1. The normalized spacial score (nSPS) is 11.2. The van der Waals surface area contributed by atoms with Gasteiger partial charge in [-0.1, -0.05) is 23.9 Å². The number of imidazole rings is 1. The lowest BCUT2D eigenvalue weighted by atomic mass is 10.2. The van der Waals surface area contributed by atoms with Gasteiger partial charge in [-0.3, -0.25) is 9.78 Å². The van der Waals surface area contributed by atoms with Crippen LogP contribution in [-0.2, 0) is 10.5 Å². The van der Waals surface area contributed by atoms with Gasteiger partial charge in [-0.15, -0.1) is 11.8 Å². The Labute approximate surface area is 179 Å². The molecule has 0 bridgehead atoms. The summed E-state index contributed by atoms with van der Waals surface area (Å²) < 4.78 is 0. The quantitative estimate of drug-likeness (QED) is 0.288. The fourth-order valence-corrected chi connectivity index (χ4v) is 4.75. The van der Waals surface area contributed by atoms with Crippen molar-refractivity contribution in [3.63, 3.8) is 0 Å². The number of aromatic amines is 1. The molecule has 6 nitrogen and oxygen atoms in total. The van der Waals surface area contributed by atoms with Gasteiger partial charge in [-0.25, -0.2) is 4.98 Å². The summed E-state index contributed by atoms with van der Waals surface area (Å²) >= 11 is 3.50. The maximum atomic E-state index is 10.5. The van der Waals surface area contributed by atoms with Crippen LogP contribution in [0.2, 0.25) is 0 Å². The van der Waals surface area contributed by atoms with Crippen LogP contribution in [0.5, 0.6) is 0 Å². The van der Waals surface area contributed by atoms with E-state index in [0.717, 1.165) is 59.3 Å². The molecule has 1 aromatic carbocycles. The molecule has 0 radical (unpaired) electrons. The Morgan fingerprint density at radius 1 is 1.17 bits per heavy atom. The zero-order valence-electron chi connectivity index (χ0n) is 16.5. The SMILES string of the molecule is Cc1c(SCCNCCCCC(=O)O)ccnc1CSc1nc2ccccc2[nH]1. The number of carboxylic acids is 1. The summed E-state index contributed by atoms with van der Waals surface area (Å²) in [5.74, 6) is 1.03. The van der Waals surface area contributed by atoms with Crippen molar-refractivity contribution in [2.75, 3.05) is 18.8 Å².